The minimum atomic E-state index is -1.28. The first kappa shape index (κ1) is 9.67. The Morgan fingerprint density at radius 2 is 2.08 bits per heavy atom. The second kappa shape index (κ2) is 3.53. The predicted molar refractivity (Wildman–Crippen MR) is 41.8 cm³/mol. The van der Waals surface area contributed by atoms with Crippen molar-refractivity contribution in [2.75, 3.05) is 6.61 Å². The maximum absolute atomic E-state index is 11.1. The number of rotatable bonds is 1. The van der Waals surface area contributed by atoms with Crippen LogP contribution in [-0.2, 0) is 4.79 Å². The standard InChI is InChI=1S/C7H9ClO4/c8-5-6(11)3(2-9)1-4(10)7(5)12/h1,4-5,7,9-10,12H,2H2. The molecule has 0 aromatic rings. The Kier molecular flexibility index (Phi) is 2.85. The number of aliphatic hydroxyl groups is 3. The minimum Gasteiger partial charge on any atom is -0.392 e. The van der Waals surface area contributed by atoms with Crippen molar-refractivity contribution in [1.82, 2.24) is 0 Å². The lowest BCUT2D eigenvalue weighted by Gasteiger charge is -2.25. The maximum Gasteiger partial charge on any atom is 0.181 e. The zero-order valence-electron chi connectivity index (χ0n) is 6.14. The summed E-state index contributed by atoms with van der Waals surface area (Å²) in [7, 11) is 0. The van der Waals surface area contributed by atoms with Crippen LogP contribution in [0.15, 0.2) is 11.6 Å². The summed E-state index contributed by atoms with van der Waals surface area (Å²) in [6.07, 6.45) is -1.34. The molecule has 0 aromatic carbocycles. The number of Topliss-reactive ketones (excluding diaryl/α,β-unsaturated/α-hetero) is 1. The van der Waals surface area contributed by atoms with Crippen LogP contribution in [0.3, 0.4) is 0 Å². The molecule has 0 bridgehead atoms. The smallest absolute Gasteiger partial charge is 0.181 e. The van der Waals surface area contributed by atoms with Gasteiger partial charge >= 0.3 is 0 Å². The third kappa shape index (κ3) is 1.51. The first-order valence-corrected chi connectivity index (χ1v) is 3.87. The highest BCUT2D eigenvalue weighted by Gasteiger charge is 2.35. The van der Waals surface area contributed by atoms with Gasteiger partial charge in [0.2, 0.25) is 0 Å². The molecule has 3 N–H and O–H groups in total. The van der Waals surface area contributed by atoms with Gasteiger partial charge in [-0.25, -0.2) is 0 Å². The first-order valence-electron chi connectivity index (χ1n) is 3.44. The summed E-state index contributed by atoms with van der Waals surface area (Å²) in [4.78, 5) is 11.1. The van der Waals surface area contributed by atoms with E-state index < -0.39 is 30.0 Å². The number of carbonyl (C=O) groups excluding carboxylic acids is 1. The fourth-order valence-electron chi connectivity index (χ4n) is 1.02. The lowest BCUT2D eigenvalue weighted by Crippen LogP contribution is -2.43. The second-order valence-corrected chi connectivity index (χ2v) is 3.07. The van der Waals surface area contributed by atoms with Gasteiger partial charge in [-0.1, -0.05) is 0 Å². The highest BCUT2D eigenvalue weighted by Crippen LogP contribution is 2.20. The van der Waals surface area contributed by atoms with Crippen molar-refractivity contribution in [3.8, 4) is 0 Å². The normalized spacial score (nSPS) is 36.5. The molecule has 0 radical (unpaired) electrons. The van der Waals surface area contributed by atoms with Gasteiger partial charge in [0.05, 0.1) is 6.61 Å². The van der Waals surface area contributed by atoms with Gasteiger partial charge in [0.25, 0.3) is 0 Å². The Balaban J connectivity index is 2.92. The van der Waals surface area contributed by atoms with E-state index in [4.69, 9.17) is 26.9 Å². The predicted octanol–water partition coefficient (Wildman–Crippen LogP) is -1.18. The van der Waals surface area contributed by atoms with Gasteiger partial charge in [-0.05, 0) is 6.08 Å². The van der Waals surface area contributed by atoms with Gasteiger partial charge in [-0.3, -0.25) is 4.79 Å². The number of aliphatic hydroxyl groups excluding tert-OH is 3. The monoisotopic (exact) mass is 192 g/mol. The summed E-state index contributed by atoms with van der Waals surface area (Å²) in [5, 5.41) is 25.7. The molecule has 0 aliphatic heterocycles. The summed E-state index contributed by atoms with van der Waals surface area (Å²) < 4.78 is 0. The lowest BCUT2D eigenvalue weighted by atomic mass is 9.94. The van der Waals surface area contributed by atoms with Crippen LogP contribution in [0.25, 0.3) is 0 Å². The third-order valence-corrected chi connectivity index (χ3v) is 2.22. The molecule has 0 saturated carbocycles. The average molecular weight is 193 g/mol. The Morgan fingerprint density at radius 1 is 1.50 bits per heavy atom. The van der Waals surface area contributed by atoms with Crippen molar-refractivity contribution in [1.29, 1.82) is 0 Å². The van der Waals surface area contributed by atoms with E-state index in [9.17, 15) is 4.79 Å². The molecular formula is C7H9ClO4. The number of halogens is 1. The SMILES string of the molecule is O=C1C(CO)=CC(O)C(O)C1Cl. The van der Waals surface area contributed by atoms with E-state index in [0.717, 1.165) is 6.08 Å². The first-order chi connectivity index (χ1) is 5.57. The molecule has 0 aromatic heterocycles. The Labute approximate surface area is 74.1 Å². The molecule has 3 unspecified atom stereocenters. The molecule has 5 heteroatoms. The summed E-state index contributed by atoms with van der Waals surface area (Å²) in [5.41, 5.74) is 0.0489. The van der Waals surface area contributed by atoms with Gasteiger partial charge in [0.15, 0.2) is 5.78 Å². The molecule has 1 aliphatic carbocycles. The van der Waals surface area contributed by atoms with Crippen LogP contribution in [0, 0.1) is 0 Å². The molecule has 4 nitrogen and oxygen atoms in total. The molecule has 0 saturated heterocycles. The number of hydrogen-bond donors (Lipinski definition) is 3. The Hall–Kier alpha value is -0.420. The van der Waals surface area contributed by atoms with Crippen molar-refractivity contribution in [2.24, 2.45) is 0 Å². The number of ketones is 1. The molecule has 1 aliphatic rings. The van der Waals surface area contributed by atoms with Crippen LogP contribution in [0.2, 0.25) is 0 Å². The third-order valence-electron chi connectivity index (χ3n) is 1.76. The molecule has 0 fully saturated rings. The van der Waals surface area contributed by atoms with Crippen molar-refractivity contribution in [3.05, 3.63) is 11.6 Å². The molecule has 1 rings (SSSR count). The summed E-state index contributed by atoms with van der Waals surface area (Å²) in [6.45, 7) is -0.466. The topological polar surface area (TPSA) is 77.8 Å². The number of carbonyl (C=O) groups is 1. The van der Waals surface area contributed by atoms with E-state index in [1.54, 1.807) is 0 Å². The van der Waals surface area contributed by atoms with Crippen LogP contribution in [0.5, 0.6) is 0 Å². The minimum absolute atomic E-state index is 0.0489. The molecule has 0 heterocycles. The Morgan fingerprint density at radius 3 is 2.58 bits per heavy atom. The van der Waals surface area contributed by atoms with E-state index >= 15 is 0 Å². The largest absolute Gasteiger partial charge is 0.392 e. The number of alkyl halides is 1. The Bertz CT molecular complexity index is 225. The zero-order chi connectivity index (χ0) is 9.30. The van der Waals surface area contributed by atoms with Gasteiger partial charge < -0.3 is 15.3 Å². The number of hydrogen-bond acceptors (Lipinski definition) is 4. The lowest BCUT2D eigenvalue weighted by molar-refractivity contribution is -0.119. The van der Waals surface area contributed by atoms with Crippen molar-refractivity contribution in [2.45, 2.75) is 17.6 Å². The molecule has 68 valence electrons. The fraction of sp³-hybridized carbons (Fsp3) is 0.571. The highest BCUT2D eigenvalue weighted by atomic mass is 35.5. The summed E-state index contributed by atoms with van der Waals surface area (Å²) in [5.74, 6) is -0.531. The fourth-order valence-corrected chi connectivity index (χ4v) is 1.31. The van der Waals surface area contributed by atoms with Crippen LogP contribution in [0.1, 0.15) is 0 Å². The highest BCUT2D eigenvalue weighted by molar-refractivity contribution is 6.34. The van der Waals surface area contributed by atoms with E-state index in [0.29, 0.717) is 0 Å². The van der Waals surface area contributed by atoms with Gasteiger partial charge in [0.1, 0.15) is 17.6 Å². The zero-order valence-corrected chi connectivity index (χ0v) is 6.90. The molecule has 3 atom stereocenters. The van der Waals surface area contributed by atoms with E-state index in [-0.39, 0.29) is 5.57 Å². The molecular weight excluding hydrogens is 184 g/mol. The van der Waals surface area contributed by atoms with E-state index in [1.165, 1.54) is 0 Å². The maximum atomic E-state index is 11.1. The van der Waals surface area contributed by atoms with Crippen molar-refractivity contribution in [3.63, 3.8) is 0 Å². The van der Waals surface area contributed by atoms with Crippen LogP contribution < -0.4 is 0 Å². The summed E-state index contributed by atoms with van der Waals surface area (Å²) in [6, 6.07) is 0. The second-order valence-electron chi connectivity index (χ2n) is 2.60. The van der Waals surface area contributed by atoms with Crippen LogP contribution >= 0.6 is 11.6 Å². The van der Waals surface area contributed by atoms with Crippen molar-refractivity contribution >= 4 is 17.4 Å². The van der Waals surface area contributed by atoms with Crippen LogP contribution in [0.4, 0.5) is 0 Å². The van der Waals surface area contributed by atoms with Crippen LogP contribution in [-0.4, -0.2) is 45.3 Å². The quantitative estimate of drug-likeness (QED) is 0.457. The van der Waals surface area contributed by atoms with Gasteiger partial charge in [-0.15, -0.1) is 11.6 Å². The van der Waals surface area contributed by atoms with Gasteiger partial charge in [0, 0.05) is 5.57 Å². The molecule has 0 amide bonds. The van der Waals surface area contributed by atoms with E-state index in [1.807, 2.05) is 0 Å². The van der Waals surface area contributed by atoms with E-state index in [2.05, 4.69) is 0 Å². The molecule has 12 heavy (non-hydrogen) atoms. The van der Waals surface area contributed by atoms with Crippen molar-refractivity contribution < 1.29 is 20.1 Å². The van der Waals surface area contributed by atoms with Gasteiger partial charge in [-0.2, -0.15) is 0 Å². The summed E-state index contributed by atoms with van der Waals surface area (Å²) >= 11 is 5.47. The molecule has 0 spiro atoms. The average Bonchev–Trinajstić information content (AvgIpc) is 2.08.